The molecule has 0 fully saturated rings. The third-order valence-corrected chi connectivity index (χ3v) is 3.33. The molecule has 17 heavy (non-hydrogen) atoms. The van der Waals surface area contributed by atoms with Gasteiger partial charge in [0, 0.05) is 24.7 Å². The van der Waals surface area contributed by atoms with Crippen molar-refractivity contribution in [3.8, 4) is 0 Å². The molecule has 0 spiro atoms. The van der Waals surface area contributed by atoms with E-state index in [1.807, 2.05) is 38.1 Å². The van der Waals surface area contributed by atoms with Gasteiger partial charge in [0.1, 0.15) is 0 Å². The van der Waals surface area contributed by atoms with Crippen LogP contribution in [0.2, 0.25) is 0 Å². The molecule has 2 rings (SSSR count). The first kappa shape index (κ1) is 11.9. The highest BCUT2D eigenvalue weighted by Gasteiger charge is 2.30. The number of aliphatic hydroxyl groups excluding tert-OH is 1. The monoisotopic (exact) mass is 231 g/mol. The number of benzene rings is 1. The minimum Gasteiger partial charge on any atom is -0.388 e. The molecular weight excluding hydrogens is 214 g/mol. The van der Waals surface area contributed by atoms with Gasteiger partial charge in [0.15, 0.2) is 0 Å². The molecule has 3 heteroatoms. The Kier molecular flexibility index (Phi) is 3.03. The average Bonchev–Trinajstić information content (AvgIpc) is 2.33. The molecule has 0 heterocycles. The van der Waals surface area contributed by atoms with Crippen LogP contribution in [0.15, 0.2) is 35.4 Å². The highest BCUT2D eigenvalue weighted by atomic mass is 16.3. The van der Waals surface area contributed by atoms with Gasteiger partial charge in [0.2, 0.25) is 0 Å². The molecule has 1 amide bonds. The highest BCUT2D eigenvalue weighted by Crippen LogP contribution is 2.30. The number of likely N-dealkylation sites (N-methyl/N-ethyl adjacent to an activating group) is 1. The Hall–Kier alpha value is -1.61. The van der Waals surface area contributed by atoms with Crippen LogP contribution in [-0.2, 0) is 4.79 Å². The summed E-state index contributed by atoms with van der Waals surface area (Å²) >= 11 is 0. The van der Waals surface area contributed by atoms with Crippen molar-refractivity contribution in [2.24, 2.45) is 0 Å². The number of hydrogen-bond donors (Lipinski definition) is 1. The molecule has 1 aromatic rings. The number of hydrogen-bond acceptors (Lipinski definition) is 2. The van der Waals surface area contributed by atoms with Gasteiger partial charge in [-0.1, -0.05) is 12.1 Å². The topological polar surface area (TPSA) is 40.5 Å². The lowest BCUT2D eigenvalue weighted by molar-refractivity contribution is -0.115. The fraction of sp³-hybridized carbons (Fsp3) is 0.357. The molecular formula is C14H17NO2. The molecule has 1 unspecified atom stereocenters. The predicted molar refractivity (Wildman–Crippen MR) is 67.9 cm³/mol. The van der Waals surface area contributed by atoms with Gasteiger partial charge in [-0.2, -0.15) is 0 Å². The lowest BCUT2D eigenvalue weighted by Gasteiger charge is -2.29. The summed E-state index contributed by atoms with van der Waals surface area (Å²) < 4.78 is 0. The minimum atomic E-state index is -0.431. The van der Waals surface area contributed by atoms with Crippen molar-refractivity contribution >= 4 is 11.6 Å². The summed E-state index contributed by atoms with van der Waals surface area (Å²) in [5.74, 6) is -0.0154. The van der Waals surface area contributed by atoms with E-state index < -0.39 is 6.10 Å². The van der Waals surface area contributed by atoms with Crippen molar-refractivity contribution in [1.82, 2.24) is 0 Å². The number of nitrogens with zero attached hydrogens (tertiary/aromatic N) is 1. The van der Waals surface area contributed by atoms with Gasteiger partial charge >= 0.3 is 0 Å². The number of carbonyl (C=O) groups is 1. The standard InChI is InChI=1S/C14H17NO2/c1-9-5-4-6-11(7-9)15(3)14(17)12-8-13(16)10(12)2/h4-7,13,16H,8H2,1-3H3. The van der Waals surface area contributed by atoms with E-state index >= 15 is 0 Å². The van der Waals surface area contributed by atoms with Crippen molar-refractivity contribution in [1.29, 1.82) is 0 Å². The Morgan fingerprint density at radius 2 is 2.12 bits per heavy atom. The van der Waals surface area contributed by atoms with Crippen LogP contribution in [0.5, 0.6) is 0 Å². The second kappa shape index (κ2) is 4.34. The van der Waals surface area contributed by atoms with Crippen molar-refractivity contribution in [2.45, 2.75) is 26.4 Å². The van der Waals surface area contributed by atoms with E-state index in [9.17, 15) is 9.90 Å². The maximum atomic E-state index is 12.1. The third-order valence-electron chi connectivity index (χ3n) is 3.33. The second-order valence-corrected chi connectivity index (χ2v) is 4.58. The van der Waals surface area contributed by atoms with Crippen LogP contribution < -0.4 is 4.90 Å². The smallest absolute Gasteiger partial charge is 0.254 e. The number of aliphatic hydroxyl groups is 1. The molecule has 0 aliphatic heterocycles. The summed E-state index contributed by atoms with van der Waals surface area (Å²) in [6.45, 7) is 3.81. The normalized spacial score (nSPS) is 18.9. The highest BCUT2D eigenvalue weighted by molar-refractivity contribution is 6.07. The summed E-state index contributed by atoms with van der Waals surface area (Å²) in [7, 11) is 1.77. The van der Waals surface area contributed by atoms with E-state index in [1.165, 1.54) is 0 Å². The SMILES string of the molecule is CC1=C(C(=O)N(C)c2cccc(C)c2)CC1O. The number of carbonyl (C=O) groups excluding carboxylic acids is 1. The van der Waals surface area contributed by atoms with E-state index in [4.69, 9.17) is 0 Å². The summed E-state index contributed by atoms with van der Waals surface area (Å²) in [6, 6.07) is 7.82. The van der Waals surface area contributed by atoms with Crippen molar-refractivity contribution in [2.75, 3.05) is 11.9 Å². The van der Waals surface area contributed by atoms with Gasteiger partial charge in [-0.25, -0.2) is 0 Å². The van der Waals surface area contributed by atoms with Gasteiger partial charge in [-0.15, -0.1) is 0 Å². The van der Waals surface area contributed by atoms with Crippen molar-refractivity contribution < 1.29 is 9.90 Å². The Morgan fingerprint density at radius 3 is 2.65 bits per heavy atom. The molecule has 3 nitrogen and oxygen atoms in total. The maximum absolute atomic E-state index is 12.1. The van der Waals surface area contributed by atoms with Gasteiger partial charge in [0.05, 0.1) is 6.10 Å². The van der Waals surface area contributed by atoms with Crippen LogP contribution in [0.4, 0.5) is 5.69 Å². The Bertz CT molecular complexity index is 491. The molecule has 0 saturated carbocycles. The van der Waals surface area contributed by atoms with Crippen LogP contribution in [0, 0.1) is 6.92 Å². The Labute approximate surface area is 101 Å². The third kappa shape index (κ3) is 2.11. The van der Waals surface area contributed by atoms with Crippen molar-refractivity contribution in [3.05, 3.63) is 41.0 Å². The van der Waals surface area contributed by atoms with E-state index in [1.54, 1.807) is 11.9 Å². The number of amides is 1. The van der Waals surface area contributed by atoms with E-state index in [2.05, 4.69) is 0 Å². The van der Waals surface area contributed by atoms with Gasteiger partial charge in [-0.3, -0.25) is 4.79 Å². The second-order valence-electron chi connectivity index (χ2n) is 4.58. The molecule has 1 aliphatic rings. The van der Waals surface area contributed by atoms with Crippen LogP contribution in [0.1, 0.15) is 18.9 Å². The van der Waals surface area contributed by atoms with Crippen molar-refractivity contribution in [3.63, 3.8) is 0 Å². The maximum Gasteiger partial charge on any atom is 0.254 e. The molecule has 1 aromatic carbocycles. The Morgan fingerprint density at radius 1 is 1.41 bits per heavy atom. The van der Waals surface area contributed by atoms with E-state index in [-0.39, 0.29) is 5.91 Å². The Balaban J connectivity index is 2.22. The van der Waals surface area contributed by atoms with Gasteiger partial charge in [-0.05, 0) is 37.1 Å². The predicted octanol–water partition coefficient (Wildman–Crippen LogP) is 2.04. The zero-order chi connectivity index (χ0) is 12.6. The summed E-state index contributed by atoms with van der Waals surface area (Å²) in [5.41, 5.74) is 3.55. The lowest BCUT2D eigenvalue weighted by Crippen LogP contribution is -2.35. The largest absolute Gasteiger partial charge is 0.388 e. The summed E-state index contributed by atoms with van der Waals surface area (Å²) in [6.07, 6.45) is 0.0424. The van der Waals surface area contributed by atoms with Crippen LogP contribution in [0.3, 0.4) is 0 Å². The molecule has 0 bridgehead atoms. The van der Waals surface area contributed by atoms with Gasteiger partial charge < -0.3 is 10.0 Å². The quantitative estimate of drug-likeness (QED) is 0.846. The lowest BCUT2D eigenvalue weighted by atomic mass is 9.85. The molecule has 0 saturated heterocycles. The minimum absolute atomic E-state index is 0.0154. The molecule has 1 atom stereocenters. The first-order chi connectivity index (χ1) is 8.00. The average molecular weight is 231 g/mol. The fourth-order valence-corrected chi connectivity index (χ4v) is 1.99. The molecule has 0 aromatic heterocycles. The fourth-order valence-electron chi connectivity index (χ4n) is 1.99. The molecule has 0 radical (unpaired) electrons. The number of anilines is 1. The molecule has 1 N–H and O–H groups in total. The first-order valence-corrected chi connectivity index (χ1v) is 5.73. The van der Waals surface area contributed by atoms with Gasteiger partial charge in [0.25, 0.3) is 5.91 Å². The van der Waals surface area contributed by atoms with Crippen LogP contribution in [0.25, 0.3) is 0 Å². The van der Waals surface area contributed by atoms with E-state index in [0.29, 0.717) is 6.42 Å². The zero-order valence-corrected chi connectivity index (χ0v) is 10.4. The molecule has 1 aliphatic carbocycles. The number of rotatable bonds is 2. The van der Waals surface area contributed by atoms with E-state index in [0.717, 1.165) is 22.4 Å². The summed E-state index contributed by atoms with van der Waals surface area (Å²) in [4.78, 5) is 13.8. The zero-order valence-electron chi connectivity index (χ0n) is 10.4. The number of aryl methyl sites for hydroxylation is 1. The first-order valence-electron chi connectivity index (χ1n) is 5.73. The van der Waals surface area contributed by atoms with Crippen LogP contribution in [-0.4, -0.2) is 24.2 Å². The summed E-state index contributed by atoms with van der Waals surface area (Å²) in [5, 5.41) is 9.40. The molecule has 90 valence electrons. The van der Waals surface area contributed by atoms with Crippen LogP contribution >= 0.6 is 0 Å².